The third kappa shape index (κ3) is 5.13. The summed E-state index contributed by atoms with van der Waals surface area (Å²) in [4.78, 5) is 33.7. The van der Waals surface area contributed by atoms with E-state index in [1.165, 1.54) is 0 Å². The fourth-order valence-electron chi connectivity index (χ4n) is 4.23. The van der Waals surface area contributed by atoms with Crippen LogP contribution in [0.1, 0.15) is 24.1 Å². The zero-order valence-corrected chi connectivity index (χ0v) is 19.6. The Labute approximate surface area is 202 Å². The molecular weight excluding hydrogens is 444 g/mol. The van der Waals surface area contributed by atoms with E-state index in [9.17, 15) is 4.79 Å². The van der Waals surface area contributed by atoms with Crippen LogP contribution < -0.4 is 16.6 Å². The van der Waals surface area contributed by atoms with Crippen molar-refractivity contribution >= 4 is 28.5 Å². The summed E-state index contributed by atoms with van der Waals surface area (Å²) in [5.41, 5.74) is 8.60. The maximum atomic E-state index is 13.5. The zero-order chi connectivity index (χ0) is 24.2. The molecular formula is C25H28N8O2. The summed E-state index contributed by atoms with van der Waals surface area (Å²) in [5.74, 6) is 1.46. The van der Waals surface area contributed by atoms with Crippen molar-refractivity contribution in [1.29, 1.82) is 0 Å². The molecule has 3 heterocycles. The van der Waals surface area contributed by atoms with Gasteiger partial charge in [-0.1, -0.05) is 37.3 Å². The van der Waals surface area contributed by atoms with Crippen molar-refractivity contribution in [2.45, 2.75) is 26.4 Å². The van der Waals surface area contributed by atoms with Gasteiger partial charge < -0.3 is 15.8 Å². The van der Waals surface area contributed by atoms with Gasteiger partial charge in [-0.05, 0) is 30.2 Å². The van der Waals surface area contributed by atoms with Gasteiger partial charge in [0.15, 0.2) is 5.82 Å². The first-order chi connectivity index (χ1) is 17.1. The lowest BCUT2D eigenvalue weighted by molar-refractivity contribution is 0.0325. The summed E-state index contributed by atoms with van der Waals surface area (Å²) >= 11 is 0. The Hall–Kier alpha value is -3.89. The molecule has 1 aliphatic rings. The topological polar surface area (TPSA) is 124 Å². The minimum atomic E-state index is -0.135. The lowest BCUT2D eigenvalue weighted by atomic mass is 10.1. The summed E-state index contributed by atoms with van der Waals surface area (Å²) in [6.07, 6.45) is 0.861. The normalized spacial score (nSPS) is 14.3. The van der Waals surface area contributed by atoms with Crippen molar-refractivity contribution < 1.29 is 4.74 Å². The summed E-state index contributed by atoms with van der Waals surface area (Å²) < 4.78 is 7.11. The third-order valence-electron chi connectivity index (χ3n) is 6.05. The molecule has 0 aliphatic carbocycles. The third-order valence-corrected chi connectivity index (χ3v) is 6.05. The van der Waals surface area contributed by atoms with Gasteiger partial charge in [0.1, 0.15) is 5.82 Å². The van der Waals surface area contributed by atoms with Crippen LogP contribution >= 0.6 is 0 Å². The van der Waals surface area contributed by atoms with Gasteiger partial charge in [-0.25, -0.2) is 4.98 Å². The molecule has 0 saturated carbocycles. The number of nitrogen functional groups attached to an aromatic ring is 1. The summed E-state index contributed by atoms with van der Waals surface area (Å²) in [6.45, 7) is 5.64. The number of nitrogens with two attached hydrogens (primary N) is 1. The van der Waals surface area contributed by atoms with Crippen molar-refractivity contribution in [1.82, 2.24) is 29.4 Å². The van der Waals surface area contributed by atoms with E-state index in [0.717, 1.165) is 30.8 Å². The van der Waals surface area contributed by atoms with Gasteiger partial charge in [0.25, 0.3) is 5.56 Å². The van der Waals surface area contributed by atoms with Gasteiger partial charge in [-0.15, -0.1) is 0 Å². The standard InChI is InChI=1S/C25H28N8O2/c1-2-17-7-3-5-9-19(17)28-25-30-21(29-24(26)31-25)15-33-22(16-32-11-13-35-14-12-32)27-20-10-6-4-8-18(20)23(33)34/h3-10H,2,11-16H2,1H3,(H3,26,28,29,30,31). The zero-order valence-electron chi connectivity index (χ0n) is 19.6. The van der Waals surface area contributed by atoms with Crippen LogP contribution in [0.25, 0.3) is 10.9 Å². The summed E-state index contributed by atoms with van der Waals surface area (Å²) in [7, 11) is 0. The Morgan fingerprint density at radius 1 is 0.971 bits per heavy atom. The highest BCUT2D eigenvalue weighted by Crippen LogP contribution is 2.20. The number of nitrogens with one attached hydrogen (secondary N) is 1. The molecule has 1 fully saturated rings. The number of rotatable bonds is 7. The van der Waals surface area contributed by atoms with Gasteiger partial charge in [0, 0.05) is 18.8 Å². The lowest BCUT2D eigenvalue weighted by Crippen LogP contribution is -2.38. The minimum absolute atomic E-state index is 0.0861. The summed E-state index contributed by atoms with van der Waals surface area (Å²) in [6, 6.07) is 15.3. The van der Waals surface area contributed by atoms with Crippen molar-refractivity contribution in [3.8, 4) is 0 Å². The molecule has 35 heavy (non-hydrogen) atoms. The molecule has 0 amide bonds. The highest BCUT2D eigenvalue weighted by atomic mass is 16.5. The molecule has 2 aromatic carbocycles. The highest BCUT2D eigenvalue weighted by molar-refractivity contribution is 5.77. The molecule has 10 heteroatoms. The average molecular weight is 473 g/mol. The molecule has 1 saturated heterocycles. The molecule has 4 aromatic rings. The van der Waals surface area contributed by atoms with E-state index in [2.05, 4.69) is 32.1 Å². The molecule has 0 radical (unpaired) electrons. The first-order valence-corrected chi connectivity index (χ1v) is 11.7. The monoisotopic (exact) mass is 472 g/mol. The van der Waals surface area contributed by atoms with Crippen LogP contribution in [0.5, 0.6) is 0 Å². The van der Waals surface area contributed by atoms with E-state index in [0.29, 0.717) is 48.3 Å². The van der Waals surface area contributed by atoms with E-state index in [1.807, 2.05) is 42.5 Å². The van der Waals surface area contributed by atoms with Gasteiger partial charge in [-0.2, -0.15) is 15.0 Å². The van der Waals surface area contributed by atoms with Crippen LogP contribution in [-0.4, -0.2) is 55.7 Å². The number of para-hydroxylation sites is 2. The van der Waals surface area contributed by atoms with Crippen LogP contribution in [0.15, 0.2) is 53.3 Å². The van der Waals surface area contributed by atoms with Gasteiger partial charge in [0.05, 0.1) is 37.2 Å². The number of hydrogen-bond donors (Lipinski definition) is 2. The Morgan fingerprint density at radius 3 is 2.57 bits per heavy atom. The number of nitrogens with zero attached hydrogens (tertiary/aromatic N) is 6. The molecule has 3 N–H and O–H groups in total. The molecule has 0 bridgehead atoms. The predicted octanol–water partition coefficient (Wildman–Crippen LogP) is 2.35. The van der Waals surface area contributed by atoms with Crippen molar-refractivity contribution in [2.24, 2.45) is 0 Å². The second kappa shape index (κ2) is 10.2. The van der Waals surface area contributed by atoms with Crippen LogP contribution in [0.4, 0.5) is 17.6 Å². The van der Waals surface area contributed by atoms with E-state index in [4.69, 9.17) is 15.5 Å². The average Bonchev–Trinajstić information content (AvgIpc) is 2.87. The molecule has 2 aromatic heterocycles. The van der Waals surface area contributed by atoms with Gasteiger partial charge in [0.2, 0.25) is 11.9 Å². The van der Waals surface area contributed by atoms with Crippen LogP contribution in [-0.2, 0) is 24.2 Å². The van der Waals surface area contributed by atoms with Crippen molar-refractivity contribution in [3.63, 3.8) is 0 Å². The second-order valence-electron chi connectivity index (χ2n) is 8.39. The quantitative estimate of drug-likeness (QED) is 0.417. The molecule has 0 spiro atoms. The SMILES string of the molecule is CCc1ccccc1Nc1nc(N)nc(Cn2c(CN3CCOCC3)nc3ccccc3c2=O)n1. The van der Waals surface area contributed by atoms with Gasteiger partial charge in [-0.3, -0.25) is 14.3 Å². The minimum Gasteiger partial charge on any atom is -0.379 e. The number of aryl methyl sites for hydroxylation is 1. The van der Waals surface area contributed by atoms with Gasteiger partial charge >= 0.3 is 0 Å². The number of benzene rings is 2. The smallest absolute Gasteiger partial charge is 0.261 e. The molecule has 1 aliphatic heterocycles. The Kier molecular flexibility index (Phi) is 6.64. The molecule has 0 unspecified atom stereocenters. The number of ether oxygens (including phenoxy) is 1. The molecule has 5 rings (SSSR count). The maximum Gasteiger partial charge on any atom is 0.261 e. The number of morpholine rings is 1. The number of fused-ring (bicyclic) bond motifs is 1. The number of aromatic nitrogens is 5. The second-order valence-corrected chi connectivity index (χ2v) is 8.39. The Bertz CT molecular complexity index is 1400. The highest BCUT2D eigenvalue weighted by Gasteiger charge is 2.18. The van der Waals surface area contributed by atoms with Crippen LogP contribution in [0.3, 0.4) is 0 Å². The van der Waals surface area contributed by atoms with Crippen molar-refractivity contribution in [2.75, 3.05) is 37.4 Å². The fourth-order valence-corrected chi connectivity index (χ4v) is 4.23. The van der Waals surface area contributed by atoms with Crippen molar-refractivity contribution in [3.05, 3.63) is 76.1 Å². The molecule has 0 atom stereocenters. The molecule has 180 valence electrons. The first-order valence-electron chi connectivity index (χ1n) is 11.7. The predicted molar refractivity (Wildman–Crippen MR) is 135 cm³/mol. The largest absolute Gasteiger partial charge is 0.379 e. The van der Waals surface area contributed by atoms with Crippen LogP contribution in [0, 0.1) is 0 Å². The Morgan fingerprint density at radius 2 is 1.74 bits per heavy atom. The van der Waals surface area contributed by atoms with Crippen LogP contribution in [0.2, 0.25) is 0 Å². The number of hydrogen-bond acceptors (Lipinski definition) is 9. The van der Waals surface area contributed by atoms with E-state index in [-0.39, 0.29) is 18.1 Å². The lowest BCUT2D eigenvalue weighted by Gasteiger charge is -2.27. The van der Waals surface area contributed by atoms with E-state index in [1.54, 1.807) is 10.6 Å². The van der Waals surface area contributed by atoms with E-state index >= 15 is 0 Å². The first kappa shape index (κ1) is 22.9. The fraction of sp³-hybridized carbons (Fsp3) is 0.320. The maximum absolute atomic E-state index is 13.5. The Balaban J connectivity index is 1.51. The summed E-state index contributed by atoms with van der Waals surface area (Å²) in [5, 5.41) is 3.80. The van der Waals surface area contributed by atoms with E-state index < -0.39 is 0 Å². The number of anilines is 3. The molecule has 10 nitrogen and oxygen atoms in total.